The Morgan fingerprint density at radius 2 is 1.94 bits per heavy atom. The third kappa shape index (κ3) is 2.65. The van der Waals surface area contributed by atoms with Gasteiger partial charge in [-0.25, -0.2) is 15.0 Å². The Balaban J connectivity index is 1.27. The number of anilines is 2. The zero-order valence-corrected chi connectivity index (χ0v) is 16.9. The number of fused-ring (bicyclic) bond motifs is 3. The molecule has 0 spiro atoms. The first-order valence-electron chi connectivity index (χ1n) is 10.6. The molecule has 0 saturated heterocycles. The molecule has 4 aromatic rings. The first-order chi connectivity index (χ1) is 15.0. The number of nitrogens with zero attached hydrogens (tertiary/aromatic N) is 4. The normalized spacial score (nSPS) is 29.5. The van der Waals surface area contributed by atoms with E-state index in [9.17, 15) is 10.2 Å². The molecule has 0 bridgehead atoms. The lowest BCUT2D eigenvalue weighted by Gasteiger charge is -2.24. The minimum atomic E-state index is -0.844. The number of aliphatic hydroxyl groups excluding tert-OH is 2. The highest BCUT2D eigenvalue weighted by Gasteiger charge is 2.70. The summed E-state index contributed by atoms with van der Waals surface area (Å²) in [5, 5.41) is 23.7. The van der Waals surface area contributed by atoms with Crippen molar-refractivity contribution in [2.45, 2.75) is 37.5 Å². The third-order valence-corrected chi connectivity index (χ3v) is 7.37. The second-order valence-corrected chi connectivity index (χ2v) is 8.95. The largest absolute Gasteiger partial charge is 0.390 e. The van der Waals surface area contributed by atoms with Crippen LogP contribution in [0.5, 0.6) is 0 Å². The van der Waals surface area contributed by atoms with E-state index in [4.69, 9.17) is 11.5 Å². The van der Waals surface area contributed by atoms with Crippen molar-refractivity contribution < 1.29 is 10.2 Å². The van der Waals surface area contributed by atoms with Gasteiger partial charge in [0.25, 0.3) is 0 Å². The number of nitrogens with two attached hydrogens (primary N) is 2. The number of aromatic nitrogens is 4. The van der Waals surface area contributed by atoms with Crippen LogP contribution in [0.2, 0.25) is 0 Å². The molecule has 6 rings (SSSR count). The van der Waals surface area contributed by atoms with Crippen LogP contribution in [0.1, 0.15) is 24.4 Å². The fourth-order valence-electron chi connectivity index (χ4n) is 5.65. The van der Waals surface area contributed by atoms with Crippen LogP contribution < -0.4 is 11.5 Å². The Labute approximate surface area is 178 Å². The molecule has 3 heterocycles. The lowest BCUT2D eigenvalue weighted by molar-refractivity contribution is -0.0191. The highest BCUT2D eigenvalue weighted by atomic mass is 16.3. The van der Waals surface area contributed by atoms with E-state index in [1.54, 1.807) is 6.07 Å². The van der Waals surface area contributed by atoms with Crippen molar-refractivity contribution in [1.29, 1.82) is 0 Å². The number of nitrogen functional groups attached to an aromatic ring is 2. The van der Waals surface area contributed by atoms with Gasteiger partial charge in [0.1, 0.15) is 29.7 Å². The molecule has 158 valence electrons. The number of rotatable bonds is 4. The summed E-state index contributed by atoms with van der Waals surface area (Å²) in [7, 11) is 0. The quantitative estimate of drug-likeness (QED) is 0.400. The lowest BCUT2D eigenvalue weighted by Crippen LogP contribution is -2.34. The Kier molecular flexibility index (Phi) is 3.82. The van der Waals surface area contributed by atoms with Crippen molar-refractivity contribution in [2.75, 3.05) is 11.5 Å². The summed E-state index contributed by atoms with van der Waals surface area (Å²) in [6.45, 7) is 0. The minimum Gasteiger partial charge on any atom is -0.390 e. The molecule has 2 fully saturated rings. The molecule has 6 N–H and O–H groups in total. The van der Waals surface area contributed by atoms with Crippen LogP contribution in [0.4, 0.5) is 11.6 Å². The first kappa shape index (κ1) is 18.5. The van der Waals surface area contributed by atoms with Crippen molar-refractivity contribution >= 4 is 33.6 Å². The number of hydrogen-bond donors (Lipinski definition) is 4. The van der Waals surface area contributed by atoms with E-state index < -0.39 is 12.2 Å². The van der Waals surface area contributed by atoms with Gasteiger partial charge in [0, 0.05) is 17.0 Å². The summed E-state index contributed by atoms with van der Waals surface area (Å²) < 4.78 is 1.96. The van der Waals surface area contributed by atoms with Gasteiger partial charge in [0.05, 0.1) is 23.0 Å². The summed E-state index contributed by atoms with van der Waals surface area (Å²) in [5.41, 5.74) is 14.3. The predicted molar refractivity (Wildman–Crippen MR) is 118 cm³/mol. The van der Waals surface area contributed by atoms with Crippen LogP contribution in [-0.4, -0.2) is 41.9 Å². The summed E-state index contributed by atoms with van der Waals surface area (Å²) in [6.07, 6.45) is 4.21. The predicted octanol–water partition coefficient (Wildman–Crippen LogP) is 2.06. The van der Waals surface area contributed by atoms with Crippen molar-refractivity contribution in [3.8, 4) is 0 Å². The van der Waals surface area contributed by atoms with E-state index in [0.717, 1.165) is 41.1 Å². The Bertz CT molecular complexity index is 1320. The van der Waals surface area contributed by atoms with Gasteiger partial charge in [-0.1, -0.05) is 12.1 Å². The highest BCUT2D eigenvalue weighted by molar-refractivity contribution is 5.86. The minimum absolute atomic E-state index is 0.193. The zero-order valence-electron chi connectivity index (χ0n) is 16.9. The monoisotopic (exact) mass is 416 g/mol. The standard InChI is InChI=1S/C23H24N6O2/c24-17-4-3-13-2-1-12(9-16(13)28-17)5-7-23-10-15(23)18(19(30)20(23)31)29-8-6-14-21(25)26-11-27-22(14)29/h1-4,6,8-9,11,15,18-20,30-31H,5,7,10H2,(H2,24,28)(H2,25,26,27)/t15-,18-,19+,20+,23?/m1/s1. The van der Waals surface area contributed by atoms with Gasteiger partial charge >= 0.3 is 0 Å². The van der Waals surface area contributed by atoms with Gasteiger partial charge in [-0.05, 0) is 55.0 Å². The molecule has 2 saturated carbocycles. The highest BCUT2D eigenvalue weighted by Crippen LogP contribution is 2.69. The molecule has 2 aliphatic rings. The maximum Gasteiger partial charge on any atom is 0.145 e. The first-order valence-corrected chi connectivity index (χ1v) is 10.6. The number of aryl methyl sites for hydroxylation is 1. The summed E-state index contributed by atoms with van der Waals surface area (Å²) in [4.78, 5) is 12.8. The van der Waals surface area contributed by atoms with Crippen LogP contribution in [0.25, 0.3) is 21.9 Å². The molecule has 0 amide bonds. The number of benzene rings is 1. The van der Waals surface area contributed by atoms with Crippen LogP contribution in [0.3, 0.4) is 0 Å². The molecule has 3 aromatic heterocycles. The second kappa shape index (κ2) is 6.38. The van der Waals surface area contributed by atoms with Gasteiger partial charge in [-0.2, -0.15) is 0 Å². The molecule has 8 heteroatoms. The molecule has 0 aliphatic heterocycles. The molecular formula is C23H24N6O2. The summed E-state index contributed by atoms with van der Waals surface area (Å²) in [5.74, 6) is 1.12. The molecular weight excluding hydrogens is 392 g/mol. The second-order valence-electron chi connectivity index (χ2n) is 8.95. The lowest BCUT2D eigenvalue weighted by atomic mass is 9.91. The SMILES string of the molecule is Nc1ccc2ccc(CCC34C[C@@H]3[C@@H](n3ccc5c(N)ncnc53)[C@H](O)[C@@H]4O)cc2n1. The molecule has 1 aromatic carbocycles. The van der Waals surface area contributed by atoms with Crippen LogP contribution in [0.15, 0.2) is 48.9 Å². The van der Waals surface area contributed by atoms with E-state index in [0.29, 0.717) is 17.3 Å². The molecule has 8 nitrogen and oxygen atoms in total. The van der Waals surface area contributed by atoms with Crippen molar-refractivity contribution in [3.63, 3.8) is 0 Å². The van der Waals surface area contributed by atoms with Crippen LogP contribution >= 0.6 is 0 Å². The van der Waals surface area contributed by atoms with Crippen molar-refractivity contribution in [2.24, 2.45) is 11.3 Å². The maximum atomic E-state index is 11.0. The van der Waals surface area contributed by atoms with E-state index in [1.165, 1.54) is 6.33 Å². The smallest absolute Gasteiger partial charge is 0.145 e. The molecule has 5 atom stereocenters. The summed E-state index contributed by atoms with van der Waals surface area (Å²) >= 11 is 0. The fourth-order valence-corrected chi connectivity index (χ4v) is 5.65. The van der Waals surface area contributed by atoms with Crippen molar-refractivity contribution in [3.05, 3.63) is 54.5 Å². The average Bonchev–Trinajstić information content (AvgIpc) is 3.25. The molecule has 0 radical (unpaired) electrons. The van der Waals surface area contributed by atoms with Crippen LogP contribution in [0, 0.1) is 11.3 Å². The van der Waals surface area contributed by atoms with E-state index in [2.05, 4.69) is 33.2 Å². The molecule has 31 heavy (non-hydrogen) atoms. The molecule has 2 aliphatic carbocycles. The topological polar surface area (TPSA) is 136 Å². The Morgan fingerprint density at radius 3 is 2.81 bits per heavy atom. The molecule has 1 unspecified atom stereocenters. The van der Waals surface area contributed by atoms with Gasteiger partial charge in [-0.15, -0.1) is 0 Å². The van der Waals surface area contributed by atoms with Gasteiger partial charge in [-0.3, -0.25) is 0 Å². The number of hydrogen-bond acceptors (Lipinski definition) is 7. The Morgan fingerprint density at radius 1 is 1.10 bits per heavy atom. The fraction of sp³-hybridized carbons (Fsp3) is 0.348. The number of pyridine rings is 1. The number of aliphatic hydroxyl groups is 2. The van der Waals surface area contributed by atoms with Gasteiger partial charge < -0.3 is 26.2 Å². The average molecular weight is 416 g/mol. The summed E-state index contributed by atoms with van der Waals surface area (Å²) in [6, 6.07) is 11.6. The van der Waals surface area contributed by atoms with Gasteiger partial charge in [0.2, 0.25) is 0 Å². The third-order valence-electron chi connectivity index (χ3n) is 7.37. The van der Waals surface area contributed by atoms with Gasteiger partial charge in [0.15, 0.2) is 0 Å². The van der Waals surface area contributed by atoms with E-state index in [-0.39, 0.29) is 17.4 Å². The maximum absolute atomic E-state index is 11.0. The Hall–Kier alpha value is -3.23. The van der Waals surface area contributed by atoms with Crippen molar-refractivity contribution in [1.82, 2.24) is 19.5 Å². The van der Waals surface area contributed by atoms with Crippen LogP contribution in [-0.2, 0) is 6.42 Å². The van der Waals surface area contributed by atoms with E-state index in [1.807, 2.05) is 22.9 Å². The zero-order chi connectivity index (χ0) is 21.3. The van der Waals surface area contributed by atoms with E-state index >= 15 is 0 Å².